The van der Waals surface area contributed by atoms with Gasteiger partial charge < -0.3 is 0 Å². The maximum atomic E-state index is 11.8. The van der Waals surface area contributed by atoms with Crippen LogP contribution in [0, 0.1) is 0 Å². The van der Waals surface area contributed by atoms with Crippen LogP contribution in [-0.2, 0) is 13.6 Å². The van der Waals surface area contributed by atoms with Crippen molar-refractivity contribution in [3.8, 4) is 0 Å². The van der Waals surface area contributed by atoms with Gasteiger partial charge in [-0.05, 0) is 6.42 Å². The van der Waals surface area contributed by atoms with Crippen LogP contribution in [0.25, 0.3) is 0 Å². The lowest BCUT2D eigenvalue weighted by Crippen LogP contribution is -2.38. The Hall–Kier alpha value is -1.03. The van der Waals surface area contributed by atoms with E-state index < -0.39 is 0 Å². The highest BCUT2D eigenvalue weighted by atomic mass is 35.5. The molecule has 0 saturated heterocycles. The number of halogens is 1. The Labute approximate surface area is 112 Å². The van der Waals surface area contributed by atoms with Gasteiger partial charge in [0.2, 0.25) is 0 Å². The third-order valence-electron chi connectivity index (χ3n) is 3.08. The summed E-state index contributed by atoms with van der Waals surface area (Å²) in [6, 6.07) is 1.29. The Kier molecular flexibility index (Phi) is 6.19. The van der Waals surface area contributed by atoms with Crippen molar-refractivity contribution in [2.24, 2.45) is 7.05 Å². The number of hydrogen-bond acceptors (Lipinski definition) is 2. The quantitative estimate of drug-likeness (QED) is 0.566. The highest BCUT2D eigenvalue weighted by Crippen LogP contribution is 2.05. The van der Waals surface area contributed by atoms with Crippen molar-refractivity contribution in [3.63, 3.8) is 0 Å². The van der Waals surface area contributed by atoms with Gasteiger partial charge in [-0.15, -0.1) is 0 Å². The van der Waals surface area contributed by atoms with Crippen molar-refractivity contribution in [2.45, 2.75) is 52.0 Å². The first kappa shape index (κ1) is 15.0. The van der Waals surface area contributed by atoms with E-state index in [9.17, 15) is 9.59 Å². The number of aromatic nitrogens is 2. The van der Waals surface area contributed by atoms with Gasteiger partial charge in [-0.1, -0.05) is 50.6 Å². The molecule has 0 aliphatic carbocycles. The van der Waals surface area contributed by atoms with Crippen LogP contribution in [0.5, 0.6) is 0 Å². The van der Waals surface area contributed by atoms with E-state index in [2.05, 4.69) is 6.92 Å². The molecule has 0 atom stereocenters. The Morgan fingerprint density at radius 3 is 2.39 bits per heavy atom. The fourth-order valence-corrected chi connectivity index (χ4v) is 2.07. The molecule has 5 heteroatoms. The lowest BCUT2D eigenvalue weighted by atomic mass is 10.1. The molecular weight excluding hydrogens is 252 g/mol. The summed E-state index contributed by atoms with van der Waals surface area (Å²) in [7, 11) is 1.57. The Morgan fingerprint density at radius 1 is 1.11 bits per heavy atom. The summed E-state index contributed by atoms with van der Waals surface area (Å²) in [5, 5.41) is 0.184. The van der Waals surface area contributed by atoms with Crippen molar-refractivity contribution in [1.29, 1.82) is 0 Å². The smallest absolute Gasteiger partial charge is 0.287 e. The minimum absolute atomic E-state index is 0.184. The average molecular weight is 273 g/mol. The molecule has 0 bridgehead atoms. The van der Waals surface area contributed by atoms with Gasteiger partial charge in [0, 0.05) is 19.7 Å². The van der Waals surface area contributed by atoms with E-state index in [-0.39, 0.29) is 16.4 Å². The van der Waals surface area contributed by atoms with E-state index in [4.69, 9.17) is 11.6 Å². The van der Waals surface area contributed by atoms with Crippen LogP contribution in [0.15, 0.2) is 15.7 Å². The zero-order valence-electron chi connectivity index (χ0n) is 11.1. The SMILES string of the molecule is CCCCCCCCn1c(=O)cc(Cl)n(C)c1=O. The summed E-state index contributed by atoms with van der Waals surface area (Å²) >= 11 is 5.76. The normalized spacial score (nSPS) is 10.8. The van der Waals surface area contributed by atoms with E-state index >= 15 is 0 Å². The number of unbranched alkanes of at least 4 members (excludes halogenated alkanes) is 5. The number of nitrogens with zero attached hydrogens (tertiary/aromatic N) is 2. The third kappa shape index (κ3) is 4.02. The van der Waals surface area contributed by atoms with E-state index in [0.29, 0.717) is 6.54 Å². The van der Waals surface area contributed by atoms with Crippen LogP contribution in [-0.4, -0.2) is 9.13 Å². The lowest BCUT2D eigenvalue weighted by Gasteiger charge is -2.07. The standard InChI is InChI=1S/C13H21ClN2O2/c1-3-4-5-6-7-8-9-16-12(17)10-11(14)15(2)13(16)18/h10H,3-9H2,1-2H3. The fourth-order valence-electron chi connectivity index (χ4n) is 1.90. The third-order valence-corrected chi connectivity index (χ3v) is 3.44. The summed E-state index contributed by atoms with van der Waals surface area (Å²) in [5.74, 6) is 0. The van der Waals surface area contributed by atoms with Crippen LogP contribution in [0.1, 0.15) is 45.4 Å². The zero-order valence-corrected chi connectivity index (χ0v) is 11.9. The summed E-state index contributed by atoms with van der Waals surface area (Å²) in [6.45, 7) is 2.66. The van der Waals surface area contributed by atoms with E-state index in [1.807, 2.05) is 0 Å². The van der Waals surface area contributed by atoms with Crippen molar-refractivity contribution >= 4 is 11.6 Å². The average Bonchev–Trinajstić information content (AvgIpc) is 2.34. The molecule has 0 aromatic carbocycles. The van der Waals surface area contributed by atoms with Crippen LogP contribution in [0.2, 0.25) is 5.15 Å². The molecule has 0 amide bonds. The van der Waals surface area contributed by atoms with Gasteiger partial charge in [-0.25, -0.2) is 4.79 Å². The minimum Gasteiger partial charge on any atom is -0.287 e. The second-order valence-corrected chi connectivity index (χ2v) is 4.95. The second-order valence-electron chi connectivity index (χ2n) is 4.57. The molecule has 1 heterocycles. The minimum atomic E-state index is -0.332. The van der Waals surface area contributed by atoms with Crippen molar-refractivity contribution in [2.75, 3.05) is 0 Å². The first-order valence-electron chi connectivity index (χ1n) is 6.54. The van der Waals surface area contributed by atoms with Crippen molar-refractivity contribution < 1.29 is 0 Å². The molecule has 0 fully saturated rings. The van der Waals surface area contributed by atoms with Gasteiger partial charge in [-0.2, -0.15) is 0 Å². The van der Waals surface area contributed by atoms with Gasteiger partial charge in [0.1, 0.15) is 5.15 Å². The zero-order chi connectivity index (χ0) is 13.5. The van der Waals surface area contributed by atoms with Crippen LogP contribution >= 0.6 is 11.6 Å². The van der Waals surface area contributed by atoms with Crippen molar-refractivity contribution in [3.05, 3.63) is 32.1 Å². The van der Waals surface area contributed by atoms with Gasteiger partial charge in [0.15, 0.2) is 0 Å². The molecule has 18 heavy (non-hydrogen) atoms. The molecule has 1 aromatic rings. The molecular formula is C13H21ClN2O2. The molecule has 0 N–H and O–H groups in total. The highest BCUT2D eigenvalue weighted by molar-refractivity contribution is 6.29. The van der Waals surface area contributed by atoms with Gasteiger partial charge in [0.25, 0.3) is 5.56 Å². The first-order chi connectivity index (χ1) is 8.57. The van der Waals surface area contributed by atoms with Gasteiger partial charge in [0.05, 0.1) is 0 Å². The largest absolute Gasteiger partial charge is 0.331 e. The number of rotatable bonds is 7. The molecule has 102 valence electrons. The maximum Gasteiger partial charge on any atom is 0.331 e. The van der Waals surface area contributed by atoms with Gasteiger partial charge in [-0.3, -0.25) is 13.9 Å². The Bertz CT molecular complexity index is 491. The Morgan fingerprint density at radius 2 is 1.72 bits per heavy atom. The molecule has 4 nitrogen and oxygen atoms in total. The van der Waals surface area contributed by atoms with Gasteiger partial charge >= 0.3 is 5.69 Å². The molecule has 1 rings (SSSR count). The van der Waals surface area contributed by atoms with Crippen LogP contribution < -0.4 is 11.2 Å². The lowest BCUT2D eigenvalue weighted by molar-refractivity contribution is 0.521. The summed E-state index contributed by atoms with van der Waals surface area (Å²) in [5.41, 5.74) is -0.641. The fraction of sp³-hybridized carbons (Fsp3) is 0.692. The number of hydrogen-bond donors (Lipinski definition) is 0. The highest BCUT2D eigenvalue weighted by Gasteiger charge is 2.06. The van der Waals surface area contributed by atoms with Crippen LogP contribution in [0.3, 0.4) is 0 Å². The first-order valence-corrected chi connectivity index (χ1v) is 6.92. The molecule has 0 aliphatic rings. The van der Waals surface area contributed by atoms with Crippen LogP contribution in [0.4, 0.5) is 0 Å². The Balaban J connectivity index is 2.56. The second kappa shape index (κ2) is 7.41. The monoisotopic (exact) mass is 272 g/mol. The molecule has 0 aliphatic heterocycles. The molecule has 0 unspecified atom stereocenters. The summed E-state index contributed by atoms with van der Waals surface area (Å²) in [6.07, 6.45) is 6.78. The summed E-state index contributed by atoms with van der Waals surface area (Å²) in [4.78, 5) is 23.5. The molecule has 0 radical (unpaired) electrons. The van der Waals surface area contributed by atoms with Crippen molar-refractivity contribution in [1.82, 2.24) is 9.13 Å². The van der Waals surface area contributed by atoms with E-state index in [1.54, 1.807) is 7.05 Å². The molecule has 0 spiro atoms. The van der Waals surface area contributed by atoms with E-state index in [1.165, 1.54) is 34.5 Å². The maximum absolute atomic E-state index is 11.8. The summed E-state index contributed by atoms with van der Waals surface area (Å²) < 4.78 is 2.55. The molecule has 1 aromatic heterocycles. The topological polar surface area (TPSA) is 44.0 Å². The van der Waals surface area contributed by atoms with E-state index in [0.717, 1.165) is 19.3 Å². The predicted octanol–water partition coefficient (Wildman–Crippen LogP) is 2.56. The predicted molar refractivity (Wildman–Crippen MR) is 74.3 cm³/mol. The molecule has 0 saturated carbocycles.